The molecule has 1 atom stereocenters. The van der Waals surface area contributed by atoms with Crippen molar-refractivity contribution in [1.82, 2.24) is 9.80 Å². The molecule has 2 aromatic carbocycles. The van der Waals surface area contributed by atoms with Gasteiger partial charge in [0, 0.05) is 26.2 Å². The molecule has 0 spiro atoms. The van der Waals surface area contributed by atoms with Gasteiger partial charge in [-0.15, -0.1) is 0 Å². The molecule has 0 radical (unpaired) electrons. The van der Waals surface area contributed by atoms with Gasteiger partial charge in [0.2, 0.25) is 5.91 Å². The van der Waals surface area contributed by atoms with Crippen molar-refractivity contribution in [2.75, 3.05) is 26.2 Å². The molecule has 4 heteroatoms. The maximum absolute atomic E-state index is 11.4. The molecule has 3 rings (SSSR count). The topological polar surface area (TPSA) is 49.6 Å². The molecule has 4 nitrogen and oxygen atoms in total. The Hall–Kier alpha value is -2.17. The number of carbonyl (C=O) groups is 1. The lowest BCUT2D eigenvalue weighted by molar-refractivity contribution is -0.123. The molecule has 2 aromatic rings. The molecule has 0 bridgehead atoms. The highest BCUT2D eigenvalue weighted by atomic mass is 16.1. The third-order valence-corrected chi connectivity index (χ3v) is 4.90. The first-order valence-corrected chi connectivity index (χ1v) is 8.54. The Morgan fingerprint density at radius 1 is 0.833 bits per heavy atom. The molecule has 2 N–H and O–H groups in total. The molecular weight excluding hydrogens is 298 g/mol. The van der Waals surface area contributed by atoms with E-state index in [2.05, 4.69) is 70.5 Å². The first-order chi connectivity index (χ1) is 11.7. The second-order valence-corrected chi connectivity index (χ2v) is 6.37. The molecule has 0 aliphatic carbocycles. The van der Waals surface area contributed by atoms with Gasteiger partial charge in [0.25, 0.3) is 0 Å². The number of primary amides is 1. The smallest absolute Gasteiger partial charge is 0.234 e. The Balaban J connectivity index is 1.80. The number of hydrogen-bond donors (Lipinski definition) is 1. The van der Waals surface area contributed by atoms with Gasteiger partial charge >= 0.3 is 0 Å². The van der Waals surface area contributed by atoms with Crippen molar-refractivity contribution in [2.45, 2.75) is 19.0 Å². The fourth-order valence-electron chi connectivity index (χ4n) is 3.45. The van der Waals surface area contributed by atoms with Crippen LogP contribution in [-0.2, 0) is 4.79 Å². The van der Waals surface area contributed by atoms with Gasteiger partial charge in [0.05, 0.1) is 12.1 Å². The normalized spacial score (nSPS) is 17.8. The summed E-state index contributed by atoms with van der Waals surface area (Å²) in [5.41, 5.74) is 8.06. The van der Waals surface area contributed by atoms with Crippen molar-refractivity contribution in [2.24, 2.45) is 5.73 Å². The summed E-state index contributed by atoms with van der Waals surface area (Å²) in [5.74, 6) is -0.244. The van der Waals surface area contributed by atoms with Crippen molar-refractivity contribution in [1.29, 1.82) is 0 Å². The zero-order valence-corrected chi connectivity index (χ0v) is 14.1. The van der Waals surface area contributed by atoms with E-state index in [1.807, 2.05) is 6.92 Å². The number of piperazine rings is 1. The average Bonchev–Trinajstić information content (AvgIpc) is 2.64. The van der Waals surface area contributed by atoms with E-state index in [1.54, 1.807) is 0 Å². The summed E-state index contributed by atoms with van der Waals surface area (Å²) in [6.45, 7) is 5.46. The Morgan fingerprint density at radius 3 is 1.67 bits per heavy atom. The van der Waals surface area contributed by atoms with Crippen LogP contribution in [0.2, 0.25) is 0 Å². The molecule has 1 saturated heterocycles. The van der Waals surface area contributed by atoms with Crippen LogP contribution in [0.1, 0.15) is 24.1 Å². The number of nitrogens with two attached hydrogens (primary N) is 1. The Kier molecular flexibility index (Phi) is 5.28. The molecule has 0 unspecified atom stereocenters. The second-order valence-electron chi connectivity index (χ2n) is 6.37. The largest absolute Gasteiger partial charge is 0.368 e. The van der Waals surface area contributed by atoms with Crippen molar-refractivity contribution in [3.05, 3.63) is 71.8 Å². The fourth-order valence-corrected chi connectivity index (χ4v) is 3.45. The molecule has 1 heterocycles. The van der Waals surface area contributed by atoms with Gasteiger partial charge in [-0.25, -0.2) is 0 Å². The summed E-state index contributed by atoms with van der Waals surface area (Å²) in [6, 6.07) is 21.3. The lowest BCUT2D eigenvalue weighted by atomic mass is 9.96. The van der Waals surface area contributed by atoms with Crippen LogP contribution in [0.3, 0.4) is 0 Å². The van der Waals surface area contributed by atoms with E-state index in [0.29, 0.717) is 0 Å². The van der Waals surface area contributed by atoms with E-state index in [-0.39, 0.29) is 18.0 Å². The summed E-state index contributed by atoms with van der Waals surface area (Å²) in [6.07, 6.45) is 0. The Bertz CT molecular complexity index is 612. The Morgan fingerprint density at radius 2 is 1.25 bits per heavy atom. The zero-order valence-electron chi connectivity index (χ0n) is 14.1. The fraction of sp³-hybridized carbons (Fsp3) is 0.350. The van der Waals surface area contributed by atoms with Gasteiger partial charge in [-0.2, -0.15) is 0 Å². The van der Waals surface area contributed by atoms with Crippen LogP contribution in [-0.4, -0.2) is 47.9 Å². The van der Waals surface area contributed by atoms with Crippen molar-refractivity contribution >= 4 is 5.91 Å². The summed E-state index contributed by atoms with van der Waals surface area (Å²) in [7, 11) is 0. The van der Waals surface area contributed by atoms with Crippen LogP contribution in [0, 0.1) is 0 Å². The lowest BCUT2D eigenvalue weighted by Crippen LogP contribution is -2.53. The maximum Gasteiger partial charge on any atom is 0.234 e. The van der Waals surface area contributed by atoms with E-state index in [0.717, 1.165) is 26.2 Å². The van der Waals surface area contributed by atoms with Gasteiger partial charge in [0.15, 0.2) is 0 Å². The second kappa shape index (κ2) is 7.60. The summed E-state index contributed by atoms with van der Waals surface area (Å²) in [4.78, 5) is 16.1. The Labute approximate surface area is 143 Å². The molecule has 24 heavy (non-hydrogen) atoms. The average molecular weight is 323 g/mol. The van der Waals surface area contributed by atoms with E-state index < -0.39 is 0 Å². The molecule has 0 aromatic heterocycles. The third kappa shape index (κ3) is 3.66. The van der Waals surface area contributed by atoms with Crippen LogP contribution < -0.4 is 5.73 Å². The first-order valence-electron chi connectivity index (χ1n) is 8.54. The molecule has 126 valence electrons. The van der Waals surface area contributed by atoms with Gasteiger partial charge < -0.3 is 5.73 Å². The summed E-state index contributed by atoms with van der Waals surface area (Å²) < 4.78 is 0. The molecule has 1 amide bonds. The standard InChI is InChI=1S/C20H25N3O/c1-16(20(21)24)22-12-14-23(15-13-22)19(17-8-4-2-5-9-17)18-10-6-3-7-11-18/h2-11,16,19H,12-15H2,1H3,(H2,21,24)/t16-/m1/s1. The number of carbonyl (C=O) groups excluding carboxylic acids is 1. The highest BCUT2D eigenvalue weighted by Crippen LogP contribution is 2.29. The number of amides is 1. The zero-order chi connectivity index (χ0) is 16.9. The molecule has 1 aliphatic heterocycles. The maximum atomic E-state index is 11.4. The molecular formula is C20H25N3O. The minimum absolute atomic E-state index is 0.195. The predicted octanol–water partition coefficient (Wildman–Crippen LogP) is 2.27. The van der Waals surface area contributed by atoms with Gasteiger partial charge in [-0.05, 0) is 18.1 Å². The van der Waals surface area contributed by atoms with E-state index >= 15 is 0 Å². The van der Waals surface area contributed by atoms with Crippen LogP contribution >= 0.6 is 0 Å². The molecule has 1 fully saturated rings. The van der Waals surface area contributed by atoms with Crippen molar-refractivity contribution in [3.63, 3.8) is 0 Å². The SMILES string of the molecule is C[C@H](C(N)=O)N1CCN(C(c2ccccc2)c2ccccc2)CC1. The lowest BCUT2D eigenvalue weighted by Gasteiger charge is -2.41. The van der Waals surface area contributed by atoms with Crippen LogP contribution in [0.15, 0.2) is 60.7 Å². The monoisotopic (exact) mass is 323 g/mol. The molecule has 1 aliphatic rings. The van der Waals surface area contributed by atoms with Crippen LogP contribution in [0.4, 0.5) is 0 Å². The molecule has 0 saturated carbocycles. The van der Waals surface area contributed by atoms with Gasteiger partial charge in [0.1, 0.15) is 0 Å². The van der Waals surface area contributed by atoms with E-state index in [1.165, 1.54) is 11.1 Å². The highest BCUT2D eigenvalue weighted by Gasteiger charge is 2.29. The van der Waals surface area contributed by atoms with E-state index in [4.69, 9.17) is 5.73 Å². The van der Waals surface area contributed by atoms with Crippen LogP contribution in [0.25, 0.3) is 0 Å². The minimum atomic E-state index is -0.244. The van der Waals surface area contributed by atoms with E-state index in [9.17, 15) is 4.79 Å². The van der Waals surface area contributed by atoms with Gasteiger partial charge in [-0.3, -0.25) is 14.6 Å². The van der Waals surface area contributed by atoms with Crippen molar-refractivity contribution < 1.29 is 4.79 Å². The van der Waals surface area contributed by atoms with Crippen molar-refractivity contribution in [3.8, 4) is 0 Å². The predicted molar refractivity (Wildman–Crippen MR) is 96.5 cm³/mol. The number of rotatable bonds is 5. The first kappa shape index (κ1) is 16.7. The third-order valence-electron chi connectivity index (χ3n) is 4.90. The highest BCUT2D eigenvalue weighted by molar-refractivity contribution is 5.79. The minimum Gasteiger partial charge on any atom is -0.368 e. The summed E-state index contributed by atoms with van der Waals surface area (Å²) in [5, 5.41) is 0. The number of benzene rings is 2. The summed E-state index contributed by atoms with van der Waals surface area (Å²) >= 11 is 0. The van der Waals surface area contributed by atoms with Crippen LogP contribution in [0.5, 0.6) is 0 Å². The number of hydrogen-bond acceptors (Lipinski definition) is 3. The van der Waals surface area contributed by atoms with Gasteiger partial charge in [-0.1, -0.05) is 60.7 Å². The quantitative estimate of drug-likeness (QED) is 0.918. The number of nitrogens with zero attached hydrogens (tertiary/aromatic N) is 2.